The largest absolute Gasteiger partial charge is 0.378 e. The molecule has 1 fully saturated rings. The molecular weight excluding hydrogens is 216 g/mol. The van der Waals surface area contributed by atoms with E-state index in [1.165, 1.54) is 32.1 Å². The molecule has 0 bridgehead atoms. The van der Waals surface area contributed by atoms with Gasteiger partial charge in [-0.2, -0.15) is 0 Å². The molecule has 102 valence electrons. The number of unbranched alkanes of at least 4 members (excludes halogenated alkanes) is 3. The van der Waals surface area contributed by atoms with Crippen molar-refractivity contribution in [1.82, 2.24) is 0 Å². The molecule has 0 aromatic rings. The number of rotatable bonds is 8. The van der Waals surface area contributed by atoms with Crippen molar-refractivity contribution in [2.45, 2.75) is 64.3 Å². The molecule has 1 saturated heterocycles. The Balaban J connectivity index is 2.23. The summed E-state index contributed by atoms with van der Waals surface area (Å²) in [5.74, 6) is 0.495. The smallest absolute Gasteiger partial charge is 0.159 e. The Morgan fingerprint density at radius 2 is 1.94 bits per heavy atom. The van der Waals surface area contributed by atoms with Crippen molar-refractivity contribution < 1.29 is 14.2 Å². The minimum Gasteiger partial charge on any atom is -0.378 e. The molecule has 2 atom stereocenters. The van der Waals surface area contributed by atoms with E-state index in [9.17, 15) is 0 Å². The van der Waals surface area contributed by atoms with Gasteiger partial charge in [-0.05, 0) is 19.3 Å². The Bertz CT molecular complexity index is 180. The lowest BCUT2D eigenvalue weighted by Crippen LogP contribution is -2.34. The van der Waals surface area contributed by atoms with E-state index < -0.39 is 0 Å². The van der Waals surface area contributed by atoms with Gasteiger partial charge in [0.2, 0.25) is 0 Å². The highest BCUT2D eigenvalue weighted by Gasteiger charge is 2.28. The van der Waals surface area contributed by atoms with Gasteiger partial charge in [-0.25, -0.2) is 0 Å². The Labute approximate surface area is 106 Å². The van der Waals surface area contributed by atoms with Crippen LogP contribution >= 0.6 is 0 Å². The highest BCUT2D eigenvalue weighted by molar-refractivity contribution is 4.74. The SMILES string of the molecule is CCCCCC[C@H]1C[C@@H](C(OC)OC)CCO1. The van der Waals surface area contributed by atoms with Crippen LogP contribution < -0.4 is 0 Å². The summed E-state index contributed by atoms with van der Waals surface area (Å²) in [5.41, 5.74) is 0. The van der Waals surface area contributed by atoms with Gasteiger partial charge in [0.1, 0.15) is 0 Å². The fourth-order valence-electron chi connectivity index (χ4n) is 2.64. The second kappa shape index (κ2) is 8.90. The van der Waals surface area contributed by atoms with Gasteiger partial charge in [0, 0.05) is 26.7 Å². The monoisotopic (exact) mass is 244 g/mol. The molecule has 0 amide bonds. The van der Waals surface area contributed by atoms with Crippen LogP contribution in [0, 0.1) is 5.92 Å². The Hall–Kier alpha value is -0.120. The zero-order chi connectivity index (χ0) is 12.5. The van der Waals surface area contributed by atoms with Gasteiger partial charge >= 0.3 is 0 Å². The molecule has 17 heavy (non-hydrogen) atoms. The summed E-state index contributed by atoms with van der Waals surface area (Å²) in [6.07, 6.45) is 8.94. The van der Waals surface area contributed by atoms with Crippen LogP contribution in [-0.2, 0) is 14.2 Å². The lowest BCUT2D eigenvalue weighted by molar-refractivity contribution is -0.165. The first-order chi connectivity index (χ1) is 8.31. The minimum absolute atomic E-state index is 0.0583. The van der Waals surface area contributed by atoms with E-state index in [0.29, 0.717) is 12.0 Å². The molecule has 0 N–H and O–H groups in total. The van der Waals surface area contributed by atoms with Crippen LogP contribution in [-0.4, -0.2) is 33.2 Å². The van der Waals surface area contributed by atoms with E-state index in [1.807, 2.05) is 0 Å². The molecule has 0 aromatic heterocycles. The molecule has 1 aliphatic rings. The Morgan fingerprint density at radius 1 is 1.18 bits per heavy atom. The van der Waals surface area contributed by atoms with E-state index in [1.54, 1.807) is 14.2 Å². The van der Waals surface area contributed by atoms with Crippen LogP contribution in [0.4, 0.5) is 0 Å². The quantitative estimate of drug-likeness (QED) is 0.484. The van der Waals surface area contributed by atoms with Crippen molar-refractivity contribution >= 4 is 0 Å². The van der Waals surface area contributed by atoms with Gasteiger partial charge in [-0.3, -0.25) is 0 Å². The van der Waals surface area contributed by atoms with E-state index >= 15 is 0 Å². The molecule has 0 aliphatic carbocycles. The molecule has 0 unspecified atom stereocenters. The third-order valence-electron chi connectivity index (χ3n) is 3.64. The summed E-state index contributed by atoms with van der Waals surface area (Å²) in [6, 6.07) is 0. The second-order valence-electron chi connectivity index (χ2n) is 4.97. The summed E-state index contributed by atoms with van der Waals surface area (Å²) in [4.78, 5) is 0. The van der Waals surface area contributed by atoms with Crippen molar-refractivity contribution in [2.75, 3.05) is 20.8 Å². The molecule has 0 spiro atoms. The van der Waals surface area contributed by atoms with Gasteiger partial charge < -0.3 is 14.2 Å². The third kappa shape index (κ3) is 5.36. The molecule has 3 nitrogen and oxygen atoms in total. The molecule has 0 saturated carbocycles. The highest BCUT2D eigenvalue weighted by atomic mass is 16.7. The predicted molar refractivity (Wildman–Crippen MR) is 69.0 cm³/mol. The van der Waals surface area contributed by atoms with Gasteiger partial charge in [-0.1, -0.05) is 32.6 Å². The summed E-state index contributed by atoms with van der Waals surface area (Å²) in [6.45, 7) is 3.10. The second-order valence-corrected chi connectivity index (χ2v) is 4.97. The summed E-state index contributed by atoms with van der Waals surface area (Å²) >= 11 is 0. The normalized spacial score (nSPS) is 25.4. The lowest BCUT2D eigenvalue weighted by Gasteiger charge is -2.33. The number of ether oxygens (including phenoxy) is 3. The lowest BCUT2D eigenvalue weighted by atomic mass is 9.92. The average Bonchev–Trinajstić information content (AvgIpc) is 2.37. The average molecular weight is 244 g/mol. The zero-order valence-corrected chi connectivity index (χ0v) is 11.6. The molecular formula is C14H28O3. The van der Waals surface area contributed by atoms with Crippen molar-refractivity contribution in [3.8, 4) is 0 Å². The molecule has 3 heteroatoms. The molecule has 1 aliphatic heterocycles. The summed E-state index contributed by atoms with van der Waals surface area (Å²) in [7, 11) is 3.44. The number of methoxy groups -OCH3 is 2. The Morgan fingerprint density at radius 3 is 2.59 bits per heavy atom. The first-order valence-electron chi connectivity index (χ1n) is 6.99. The zero-order valence-electron chi connectivity index (χ0n) is 11.6. The predicted octanol–water partition coefficient (Wildman–Crippen LogP) is 3.37. The van der Waals surface area contributed by atoms with Crippen molar-refractivity contribution in [2.24, 2.45) is 5.92 Å². The maximum atomic E-state index is 5.82. The van der Waals surface area contributed by atoms with E-state index in [2.05, 4.69) is 6.92 Å². The van der Waals surface area contributed by atoms with Crippen LogP contribution in [0.1, 0.15) is 51.9 Å². The summed E-state index contributed by atoms with van der Waals surface area (Å²) in [5, 5.41) is 0. The van der Waals surface area contributed by atoms with Crippen LogP contribution in [0.2, 0.25) is 0 Å². The fraction of sp³-hybridized carbons (Fsp3) is 1.00. The van der Waals surface area contributed by atoms with Gasteiger partial charge in [-0.15, -0.1) is 0 Å². The van der Waals surface area contributed by atoms with E-state index in [0.717, 1.165) is 19.4 Å². The van der Waals surface area contributed by atoms with Crippen molar-refractivity contribution in [3.05, 3.63) is 0 Å². The van der Waals surface area contributed by atoms with Crippen molar-refractivity contribution in [1.29, 1.82) is 0 Å². The van der Waals surface area contributed by atoms with E-state index in [4.69, 9.17) is 14.2 Å². The van der Waals surface area contributed by atoms with Crippen molar-refractivity contribution in [3.63, 3.8) is 0 Å². The van der Waals surface area contributed by atoms with Crippen LogP contribution in [0.15, 0.2) is 0 Å². The topological polar surface area (TPSA) is 27.7 Å². The van der Waals surface area contributed by atoms with E-state index in [-0.39, 0.29) is 6.29 Å². The standard InChI is InChI=1S/C14H28O3/c1-4-5-6-7-8-13-11-12(9-10-17-13)14(15-2)16-3/h12-14H,4-11H2,1-3H3/t12-,13-/m0/s1. The van der Waals surface area contributed by atoms with Gasteiger partial charge in [0.15, 0.2) is 6.29 Å². The maximum absolute atomic E-state index is 5.82. The van der Waals surface area contributed by atoms with Crippen LogP contribution in [0.25, 0.3) is 0 Å². The summed E-state index contributed by atoms with van der Waals surface area (Å²) < 4.78 is 16.5. The minimum atomic E-state index is -0.0583. The molecule has 1 heterocycles. The Kier molecular flexibility index (Phi) is 7.82. The molecule has 0 radical (unpaired) electrons. The van der Waals surface area contributed by atoms with Crippen LogP contribution in [0.3, 0.4) is 0 Å². The first kappa shape index (κ1) is 14.9. The van der Waals surface area contributed by atoms with Gasteiger partial charge in [0.25, 0.3) is 0 Å². The fourth-order valence-corrected chi connectivity index (χ4v) is 2.64. The third-order valence-corrected chi connectivity index (χ3v) is 3.64. The highest BCUT2D eigenvalue weighted by Crippen LogP contribution is 2.27. The first-order valence-corrected chi connectivity index (χ1v) is 6.99. The molecule has 1 rings (SSSR count). The van der Waals surface area contributed by atoms with Crippen LogP contribution in [0.5, 0.6) is 0 Å². The molecule has 0 aromatic carbocycles. The number of hydrogen-bond donors (Lipinski definition) is 0. The van der Waals surface area contributed by atoms with Gasteiger partial charge in [0.05, 0.1) is 6.10 Å². The number of hydrogen-bond acceptors (Lipinski definition) is 3. The maximum Gasteiger partial charge on any atom is 0.159 e.